The van der Waals surface area contributed by atoms with Crippen molar-refractivity contribution >= 4 is 5.91 Å². The predicted octanol–water partition coefficient (Wildman–Crippen LogP) is -0.277. The Morgan fingerprint density at radius 2 is 1.67 bits per heavy atom. The molecule has 1 amide bonds. The molecule has 2 N–H and O–H groups in total. The SMILES string of the molecule is CC(=O)NCCOCCOCCOCCN=[N+]=N. The summed E-state index contributed by atoms with van der Waals surface area (Å²) in [6.45, 7) is 5.28. The Hall–Kier alpha value is -1.34. The summed E-state index contributed by atoms with van der Waals surface area (Å²) < 4.78 is 15.6. The molecule has 0 spiro atoms. The Labute approximate surface area is 106 Å². The third kappa shape index (κ3) is 14.7. The van der Waals surface area contributed by atoms with E-state index in [4.69, 9.17) is 19.7 Å². The van der Waals surface area contributed by atoms with Gasteiger partial charge >= 0.3 is 0 Å². The van der Waals surface area contributed by atoms with E-state index in [9.17, 15) is 4.79 Å². The number of rotatable bonds is 12. The molecule has 0 bridgehead atoms. The molecular formula is C10H21N4O4+. The smallest absolute Gasteiger partial charge is 0.216 e. The van der Waals surface area contributed by atoms with Crippen molar-refractivity contribution in [1.29, 1.82) is 5.53 Å². The van der Waals surface area contributed by atoms with Crippen LogP contribution in [0.15, 0.2) is 5.11 Å². The van der Waals surface area contributed by atoms with E-state index in [1.165, 1.54) is 6.92 Å². The first-order chi connectivity index (χ1) is 8.77. The highest BCUT2D eigenvalue weighted by Gasteiger charge is 1.93. The highest BCUT2D eigenvalue weighted by molar-refractivity contribution is 5.72. The Kier molecular flexibility index (Phi) is 12.7. The van der Waals surface area contributed by atoms with Crippen molar-refractivity contribution in [2.75, 3.05) is 52.7 Å². The second kappa shape index (κ2) is 13.7. The molecule has 0 aromatic heterocycles. The fraction of sp³-hybridized carbons (Fsp3) is 0.900. The van der Waals surface area contributed by atoms with Gasteiger partial charge in [0.25, 0.3) is 0 Å². The third-order valence-corrected chi connectivity index (χ3v) is 1.77. The Balaban J connectivity index is 2.98. The highest BCUT2D eigenvalue weighted by Crippen LogP contribution is 1.81. The number of hydrogen-bond acceptors (Lipinski definition) is 6. The number of ether oxygens (including phenoxy) is 3. The fourth-order valence-corrected chi connectivity index (χ4v) is 0.996. The number of nitrogens with zero attached hydrogens (tertiary/aromatic N) is 2. The maximum absolute atomic E-state index is 10.5. The van der Waals surface area contributed by atoms with Gasteiger partial charge in [0.05, 0.1) is 39.6 Å². The van der Waals surface area contributed by atoms with Crippen LogP contribution in [-0.2, 0) is 19.0 Å². The molecule has 104 valence electrons. The minimum Gasteiger partial charge on any atom is -0.377 e. The minimum absolute atomic E-state index is 0.0584. The number of amides is 1. The van der Waals surface area contributed by atoms with Crippen molar-refractivity contribution < 1.29 is 19.0 Å². The second-order valence-corrected chi connectivity index (χ2v) is 3.29. The van der Waals surface area contributed by atoms with Crippen molar-refractivity contribution in [1.82, 2.24) is 10.2 Å². The zero-order valence-electron chi connectivity index (χ0n) is 10.7. The molecule has 0 rings (SSSR count). The van der Waals surface area contributed by atoms with Crippen LogP contribution in [0.1, 0.15) is 6.92 Å². The van der Waals surface area contributed by atoms with Gasteiger partial charge in [-0.25, -0.2) is 0 Å². The Morgan fingerprint density at radius 3 is 2.22 bits per heavy atom. The molecule has 0 aliphatic rings. The van der Waals surface area contributed by atoms with Crippen molar-refractivity contribution in [3.8, 4) is 0 Å². The minimum atomic E-state index is -0.0584. The van der Waals surface area contributed by atoms with Gasteiger partial charge in [0.2, 0.25) is 10.8 Å². The molecule has 0 unspecified atom stereocenters. The van der Waals surface area contributed by atoms with E-state index in [-0.39, 0.29) is 5.91 Å². The van der Waals surface area contributed by atoms with Crippen LogP contribution >= 0.6 is 0 Å². The van der Waals surface area contributed by atoms with Gasteiger partial charge in [-0.2, -0.15) is 0 Å². The molecule has 0 radical (unpaired) electrons. The first-order valence-electron chi connectivity index (χ1n) is 5.78. The summed E-state index contributed by atoms with van der Waals surface area (Å²) in [5, 5.41) is 6.06. The van der Waals surface area contributed by atoms with E-state index in [1.54, 1.807) is 0 Å². The van der Waals surface area contributed by atoms with E-state index in [2.05, 4.69) is 15.3 Å². The summed E-state index contributed by atoms with van der Waals surface area (Å²) in [6.07, 6.45) is 0. The van der Waals surface area contributed by atoms with Crippen molar-refractivity contribution in [3.05, 3.63) is 0 Å². The van der Waals surface area contributed by atoms with Crippen LogP contribution in [0.2, 0.25) is 0 Å². The lowest BCUT2D eigenvalue weighted by Gasteiger charge is -2.06. The molecule has 0 aromatic rings. The summed E-state index contributed by atoms with van der Waals surface area (Å²) in [4.78, 5) is 13.4. The van der Waals surface area contributed by atoms with Gasteiger partial charge in [0.1, 0.15) is 17.2 Å². The van der Waals surface area contributed by atoms with Crippen molar-refractivity contribution in [2.24, 2.45) is 5.11 Å². The monoisotopic (exact) mass is 261 g/mol. The van der Waals surface area contributed by atoms with E-state index in [0.717, 1.165) is 0 Å². The summed E-state index contributed by atoms with van der Waals surface area (Å²) in [5.41, 5.74) is 6.41. The Bertz CT molecular complexity index is 244. The summed E-state index contributed by atoms with van der Waals surface area (Å²) >= 11 is 0. The quantitative estimate of drug-likeness (QED) is 0.286. The van der Waals surface area contributed by atoms with Gasteiger partial charge in [-0.1, -0.05) is 0 Å². The zero-order chi connectivity index (χ0) is 13.5. The largest absolute Gasteiger partial charge is 0.377 e. The summed E-state index contributed by atoms with van der Waals surface area (Å²) in [7, 11) is 0. The summed E-state index contributed by atoms with van der Waals surface area (Å²) in [5.74, 6) is -0.0584. The first kappa shape index (κ1) is 16.7. The van der Waals surface area contributed by atoms with Crippen LogP contribution in [0.25, 0.3) is 0 Å². The third-order valence-electron chi connectivity index (χ3n) is 1.77. The number of nitrogens with one attached hydrogen (secondary N) is 2. The van der Waals surface area contributed by atoms with E-state index in [0.29, 0.717) is 52.7 Å². The molecule has 18 heavy (non-hydrogen) atoms. The van der Waals surface area contributed by atoms with Gasteiger partial charge in [-0.05, 0) is 0 Å². The maximum Gasteiger partial charge on any atom is 0.216 e. The van der Waals surface area contributed by atoms with Gasteiger partial charge in [-0.15, -0.1) is 0 Å². The lowest BCUT2D eigenvalue weighted by Crippen LogP contribution is -2.25. The van der Waals surface area contributed by atoms with Crippen molar-refractivity contribution in [3.63, 3.8) is 0 Å². The molecule has 0 fully saturated rings. The van der Waals surface area contributed by atoms with E-state index in [1.807, 2.05) is 0 Å². The van der Waals surface area contributed by atoms with Crippen LogP contribution in [0.5, 0.6) is 0 Å². The van der Waals surface area contributed by atoms with Crippen molar-refractivity contribution in [2.45, 2.75) is 6.92 Å². The predicted molar refractivity (Wildman–Crippen MR) is 63.3 cm³/mol. The van der Waals surface area contributed by atoms with Gasteiger partial charge in [0.15, 0.2) is 0 Å². The van der Waals surface area contributed by atoms with E-state index >= 15 is 0 Å². The molecule has 0 saturated heterocycles. The normalized spacial score (nSPS) is 9.83. The standard InChI is InChI=1S/C10H20N4O4/c1-10(15)12-2-4-16-6-8-18-9-7-17-5-3-13-14-11/h11H,2-9H2,1H3/p+1. The topological polar surface area (TPSA) is 107 Å². The highest BCUT2D eigenvalue weighted by atomic mass is 16.5. The lowest BCUT2D eigenvalue weighted by molar-refractivity contribution is -0.119. The molecule has 8 nitrogen and oxygen atoms in total. The van der Waals surface area contributed by atoms with Gasteiger partial charge in [-0.3, -0.25) is 4.79 Å². The first-order valence-corrected chi connectivity index (χ1v) is 5.78. The van der Waals surface area contributed by atoms with Crippen LogP contribution < -0.4 is 10.2 Å². The van der Waals surface area contributed by atoms with Crippen LogP contribution in [-0.4, -0.2) is 58.6 Å². The molecular weight excluding hydrogens is 240 g/mol. The molecule has 0 aliphatic carbocycles. The lowest BCUT2D eigenvalue weighted by atomic mass is 10.6. The average molecular weight is 261 g/mol. The maximum atomic E-state index is 10.5. The molecule has 0 heterocycles. The zero-order valence-corrected chi connectivity index (χ0v) is 10.7. The molecule has 0 atom stereocenters. The molecule has 0 saturated carbocycles. The second-order valence-electron chi connectivity index (χ2n) is 3.29. The average Bonchev–Trinajstić information content (AvgIpc) is 2.34. The number of hydrogen-bond donors (Lipinski definition) is 2. The molecule has 8 heteroatoms. The fourth-order valence-electron chi connectivity index (χ4n) is 0.996. The van der Waals surface area contributed by atoms with Gasteiger partial charge in [0, 0.05) is 13.5 Å². The Morgan fingerprint density at radius 1 is 1.11 bits per heavy atom. The summed E-state index contributed by atoms with van der Waals surface area (Å²) in [6, 6.07) is 0. The molecule has 0 aliphatic heterocycles. The van der Waals surface area contributed by atoms with Crippen LogP contribution in [0.3, 0.4) is 0 Å². The number of carbonyl (C=O) groups is 1. The van der Waals surface area contributed by atoms with E-state index < -0.39 is 0 Å². The number of carbonyl (C=O) groups excluding carboxylic acids is 1. The molecule has 0 aromatic carbocycles. The van der Waals surface area contributed by atoms with Gasteiger partial charge < -0.3 is 19.5 Å². The van der Waals surface area contributed by atoms with Crippen LogP contribution in [0, 0.1) is 5.53 Å². The van der Waals surface area contributed by atoms with Crippen LogP contribution in [0.4, 0.5) is 0 Å².